The van der Waals surface area contributed by atoms with Crippen molar-refractivity contribution >= 4 is 0 Å². The number of nitrogens with two attached hydrogens (primary N) is 1. The molecule has 0 aromatic heterocycles. The van der Waals surface area contributed by atoms with E-state index in [4.69, 9.17) is 15.3 Å². The molecule has 0 bridgehead atoms. The van der Waals surface area contributed by atoms with Crippen LogP contribution in [0.1, 0.15) is 43.7 Å². The Morgan fingerprint density at radius 1 is 1.24 bits per heavy atom. The minimum atomic E-state index is -0.381. The number of ether oxygens (including phenoxy) is 2. The van der Waals surface area contributed by atoms with E-state index < -0.39 is 0 Å². The molecule has 2 unspecified atom stereocenters. The van der Waals surface area contributed by atoms with Gasteiger partial charge in [-0.1, -0.05) is 31.4 Å². The summed E-state index contributed by atoms with van der Waals surface area (Å²) in [5.41, 5.74) is 3.23. The number of hydrogen-bond donors (Lipinski definition) is 2. The van der Waals surface area contributed by atoms with E-state index in [1.165, 1.54) is 26.4 Å². The van der Waals surface area contributed by atoms with Crippen LogP contribution in [0.3, 0.4) is 0 Å². The Morgan fingerprint density at radius 2 is 1.95 bits per heavy atom. The minimum Gasteiger partial charge on any atom is -0.494 e. The van der Waals surface area contributed by atoms with E-state index in [0.717, 1.165) is 12.8 Å². The largest absolute Gasteiger partial charge is 0.494 e. The molecule has 1 fully saturated rings. The molecule has 0 radical (unpaired) electrons. The molecule has 3 N–H and O–H groups in total. The molecular weight excluding hydrogens is 271 g/mol. The highest BCUT2D eigenvalue weighted by Crippen LogP contribution is 2.35. The summed E-state index contributed by atoms with van der Waals surface area (Å²) in [5.74, 6) is 5.96. The fourth-order valence-electron chi connectivity index (χ4n) is 3.35. The van der Waals surface area contributed by atoms with Gasteiger partial charge < -0.3 is 9.47 Å². The zero-order chi connectivity index (χ0) is 15.2. The van der Waals surface area contributed by atoms with Crippen LogP contribution in [0.15, 0.2) is 18.2 Å². The lowest BCUT2D eigenvalue weighted by atomic mass is 9.81. The first kappa shape index (κ1) is 16.2. The van der Waals surface area contributed by atoms with Gasteiger partial charge in [0.15, 0.2) is 11.6 Å². The van der Waals surface area contributed by atoms with Crippen molar-refractivity contribution in [3.63, 3.8) is 0 Å². The molecule has 1 aliphatic carbocycles. The van der Waals surface area contributed by atoms with Crippen molar-refractivity contribution in [2.24, 2.45) is 11.8 Å². The van der Waals surface area contributed by atoms with E-state index in [-0.39, 0.29) is 23.7 Å². The van der Waals surface area contributed by atoms with E-state index in [2.05, 4.69) is 5.43 Å². The number of methoxy groups -OCH3 is 2. The minimum absolute atomic E-state index is 0.142. The van der Waals surface area contributed by atoms with Gasteiger partial charge in [-0.25, -0.2) is 4.39 Å². The van der Waals surface area contributed by atoms with E-state index in [9.17, 15) is 4.39 Å². The molecular formula is C16H25FN2O2. The molecule has 0 spiro atoms. The average Bonchev–Trinajstić information content (AvgIpc) is 2.54. The maximum absolute atomic E-state index is 14.5. The number of rotatable bonds is 6. The Morgan fingerprint density at radius 3 is 2.52 bits per heavy atom. The topological polar surface area (TPSA) is 56.5 Å². The first-order valence-electron chi connectivity index (χ1n) is 7.54. The van der Waals surface area contributed by atoms with Gasteiger partial charge in [-0.2, -0.15) is 0 Å². The van der Waals surface area contributed by atoms with Gasteiger partial charge in [-0.3, -0.25) is 11.3 Å². The second-order valence-corrected chi connectivity index (χ2v) is 5.61. The van der Waals surface area contributed by atoms with Gasteiger partial charge in [0.25, 0.3) is 0 Å². The highest BCUT2D eigenvalue weighted by molar-refractivity contribution is 5.33. The highest BCUT2D eigenvalue weighted by Gasteiger charge is 2.33. The van der Waals surface area contributed by atoms with Gasteiger partial charge in [-0.05, 0) is 24.8 Å². The summed E-state index contributed by atoms with van der Waals surface area (Å²) in [6.45, 7) is 0. The van der Waals surface area contributed by atoms with Gasteiger partial charge in [0.05, 0.1) is 19.3 Å². The van der Waals surface area contributed by atoms with E-state index >= 15 is 0 Å². The Bertz CT molecular complexity index is 450. The zero-order valence-corrected chi connectivity index (χ0v) is 12.8. The summed E-state index contributed by atoms with van der Waals surface area (Å²) in [7, 11) is 3.13. The van der Waals surface area contributed by atoms with Crippen molar-refractivity contribution in [3.8, 4) is 5.75 Å². The van der Waals surface area contributed by atoms with Crippen molar-refractivity contribution in [2.45, 2.75) is 44.2 Å². The van der Waals surface area contributed by atoms with Crippen LogP contribution in [0.5, 0.6) is 5.75 Å². The molecule has 0 saturated heterocycles. The van der Waals surface area contributed by atoms with E-state index in [1.807, 2.05) is 0 Å². The van der Waals surface area contributed by atoms with Crippen LogP contribution in [0.4, 0.5) is 4.39 Å². The van der Waals surface area contributed by atoms with Crippen molar-refractivity contribution in [2.75, 3.05) is 14.2 Å². The van der Waals surface area contributed by atoms with E-state index in [0.29, 0.717) is 11.5 Å². The zero-order valence-electron chi connectivity index (χ0n) is 12.8. The second kappa shape index (κ2) is 7.73. The van der Waals surface area contributed by atoms with Crippen LogP contribution in [0.2, 0.25) is 0 Å². The Labute approximate surface area is 125 Å². The molecule has 1 aromatic carbocycles. The molecule has 21 heavy (non-hydrogen) atoms. The summed E-state index contributed by atoms with van der Waals surface area (Å²) >= 11 is 0. The van der Waals surface area contributed by atoms with Crippen LogP contribution in [0.25, 0.3) is 0 Å². The van der Waals surface area contributed by atoms with Gasteiger partial charge in [0, 0.05) is 12.7 Å². The van der Waals surface area contributed by atoms with Crippen LogP contribution < -0.4 is 16.0 Å². The number of hydrazine groups is 1. The lowest BCUT2D eigenvalue weighted by Crippen LogP contribution is -2.42. The Hall–Kier alpha value is -1.17. The molecule has 0 aliphatic heterocycles. The Kier molecular flexibility index (Phi) is 5.96. The fourth-order valence-corrected chi connectivity index (χ4v) is 3.35. The normalized spacial score (nSPS) is 19.2. The number of halogens is 1. The van der Waals surface area contributed by atoms with Gasteiger partial charge >= 0.3 is 0 Å². The molecule has 118 valence electrons. The van der Waals surface area contributed by atoms with E-state index in [1.54, 1.807) is 25.3 Å². The van der Waals surface area contributed by atoms with Crippen molar-refractivity contribution in [1.82, 2.24) is 5.43 Å². The summed E-state index contributed by atoms with van der Waals surface area (Å²) in [6.07, 6.45) is 5.72. The number of hydrogen-bond acceptors (Lipinski definition) is 4. The first-order valence-corrected chi connectivity index (χ1v) is 7.54. The third kappa shape index (κ3) is 3.54. The molecule has 4 nitrogen and oxygen atoms in total. The molecule has 0 heterocycles. The van der Waals surface area contributed by atoms with Gasteiger partial charge in [0.1, 0.15) is 0 Å². The molecule has 0 amide bonds. The van der Waals surface area contributed by atoms with Crippen molar-refractivity contribution in [1.29, 1.82) is 0 Å². The van der Waals surface area contributed by atoms with Crippen molar-refractivity contribution in [3.05, 3.63) is 29.6 Å². The number of nitrogens with one attached hydrogen (secondary N) is 1. The van der Waals surface area contributed by atoms with Crippen LogP contribution in [-0.4, -0.2) is 20.3 Å². The Balaban J connectivity index is 2.28. The van der Waals surface area contributed by atoms with Gasteiger partial charge in [0.2, 0.25) is 0 Å². The maximum atomic E-state index is 14.5. The molecule has 2 atom stereocenters. The predicted molar refractivity (Wildman–Crippen MR) is 80.4 cm³/mol. The highest BCUT2D eigenvalue weighted by atomic mass is 19.1. The average molecular weight is 296 g/mol. The molecule has 1 aromatic rings. The summed E-state index contributed by atoms with van der Waals surface area (Å²) < 4.78 is 25.2. The fraction of sp³-hybridized carbons (Fsp3) is 0.625. The summed E-state index contributed by atoms with van der Waals surface area (Å²) in [6, 6.07) is 4.73. The molecule has 1 aliphatic rings. The molecule has 5 heteroatoms. The second-order valence-electron chi connectivity index (χ2n) is 5.61. The third-order valence-electron chi connectivity index (χ3n) is 4.44. The van der Waals surface area contributed by atoms with Crippen molar-refractivity contribution < 1.29 is 13.9 Å². The predicted octanol–water partition coefficient (Wildman–Crippen LogP) is 2.93. The first-order chi connectivity index (χ1) is 10.2. The molecule has 1 saturated carbocycles. The quantitative estimate of drug-likeness (QED) is 0.626. The standard InChI is InChI=1S/C16H25FN2O2/c1-20-13-10-6-9-12(14(13)17)15(19-18)16(21-2)11-7-4-3-5-8-11/h6,9-11,15-16,19H,3-5,7-8,18H2,1-2H3. The smallest absolute Gasteiger partial charge is 0.169 e. The lowest BCUT2D eigenvalue weighted by molar-refractivity contribution is 0.00656. The SMILES string of the molecule is COc1cccc(C(NN)C(OC)C2CCCCC2)c1F. The van der Waals surface area contributed by atoms with Crippen LogP contribution >= 0.6 is 0 Å². The monoisotopic (exact) mass is 296 g/mol. The van der Waals surface area contributed by atoms with Crippen LogP contribution in [-0.2, 0) is 4.74 Å². The lowest BCUT2D eigenvalue weighted by Gasteiger charge is -2.35. The van der Waals surface area contributed by atoms with Gasteiger partial charge in [-0.15, -0.1) is 0 Å². The molecule has 2 rings (SSSR count). The summed E-state index contributed by atoms with van der Waals surface area (Å²) in [4.78, 5) is 0. The third-order valence-corrected chi connectivity index (χ3v) is 4.44. The maximum Gasteiger partial charge on any atom is 0.169 e. The summed E-state index contributed by atoms with van der Waals surface area (Å²) in [5, 5.41) is 0. The van der Waals surface area contributed by atoms with Crippen LogP contribution in [0, 0.1) is 11.7 Å². The number of benzene rings is 1.